The van der Waals surface area contributed by atoms with Gasteiger partial charge in [0.2, 0.25) is 5.91 Å². The molecular formula is C9H17NO. The second-order valence-corrected chi connectivity index (χ2v) is 3.78. The SMILES string of the molecule is CCC1(NC(=O)C(C)C)CC1. The Labute approximate surface area is 68.4 Å². The van der Waals surface area contributed by atoms with Crippen LogP contribution in [0.25, 0.3) is 0 Å². The molecule has 0 aromatic heterocycles. The van der Waals surface area contributed by atoms with Crippen molar-refractivity contribution in [3.63, 3.8) is 0 Å². The zero-order chi connectivity index (χ0) is 8.48. The molecule has 1 saturated carbocycles. The lowest BCUT2D eigenvalue weighted by molar-refractivity contribution is -0.125. The van der Waals surface area contributed by atoms with E-state index >= 15 is 0 Å². The molecule has 1 amide bonds. The third kappa shape index (κ3) is 1.95. The fourth-order valence-electron chi connectivity index (χ4n) is 1.12. The standard InChI is InChI=1S/C9H17NO/c1-4-9(5-6-9)10-8(11)7(2)3/h7H,4-6H2,1-3H3,(H,10,11). The number of nitrogens with one attached hydrogen (secondary N) is 1. The number of hydrogen-bond acceptors (Lipinski definition) is 1. The molecule has 0 bridgehead atoms. The van der Waals surface area contributed by atoms with Crippen LogP contribution in [-0.2, 0) is 4.79 Å². The minimum atomic E-state index is 0.124. The van der Waals surface area contributed by atoms with Crippen LogP contribution in [0.4, 0.5) is 0 Å². The highest BCUT2D eigenvalue weighted by Gasteiger charge is 2.42. The van der Waals surface area contributed by atoms with Gasteiger partial charge in [-0.15, -0.1) is 0 Å². The third-order valence-corrected chi connectivity index (χ3v) is 2.44. The summed E-state index contributed by atoms with van der Waals surface area (Å²) in [6.45, 7) is 6.00. The van der Waals surface area contributed by atoms with Gasteiger partial charge in [-0.2, -0.15) is 0 Å². The van der Waals surface area contributed by atoms with Crippen LogP contribution in [0.3, 0.4) is 0 Å². The second kappa shape index (κ2) is 2.84. The molecule has 0 heterocycles. The highest BCUT2D eigenvalue weighted by Crippen LogP contribution is 2.38. The molecule has 1 fully saturated rings. The summed E-state index contributed by atoms with van der Waals surface area (Å²) in [4.78, 5) is 11.2. The first-order valence-corrected chi connectivity index (χ1v) is 4.42. The third-order valence-electron chi connectivity index (χ3n) is 2.44. The minimum absolute atomic E-state index is 0.124. The molecule has 0 radical (unpaired) electrons. The molecule has 11 heavy (non-hydrogen) atoms. The Bertz CT molecular complexity index is 159. The maximum absolute atomic E-state index is 11.2. The van der Waals surface area contributed by atoms with Crippen molar-refractivity contribution in [3.05, 3.63) is 0 Å². The predicted octanol–water partition coefficient (Wildman–Crippen LogP) is 1.70. The number of hydrogen-bond donors (Lipinski definition) is 1. The predicted molar refractivity (Wildman–Crippen MR) is 45.2 cm³/mol. The molecule has 0 aromatic rings. The Morgan fingerprint density at radius 2 is 2.09 bits per heavy atom. The first-order valence-electron chi connectivity index (χ1n) is 4.42. The monoisotopic (exact) mass is 155 g/mol. The Kier molecular flexibility index (Phi) is 2.21. The summed E-state index contributed by atoms with van der Waals surface area (Å²) in [7, 11) is 0. The summed E-state index contributed by atoms with van der Waals surface area (Å²) in [6.07, 6.45) is 3.41. The molecule has 1 rings (SSSR count). The Morgan fingerprint density at radius 3 is 2.36 bits per heavy atom. The maximum atomic E-state index is 11.2. The lowest BCUT2D eigenvalue weighted by atomic mass is 10.1. The maximum Gasteiger partial charge on any atom is 0.222 e. The van der Waals surface area contributed by atoms with Gasteiger partial charge in [-0.05, 0) is 19.3 Å². The van der Waals surface area contributed by atoms with E-state index in [0.29, 0.717) is 0 Å². The molecule has 1 N–H and O–H groups in total. The van der Waals surface area contributed by atoms with E-state index < -0.39 is 0 Å². The summed E-state index contributed by atoms with van der Waals surface area (Å²) in [5.41, 5.74) is 0.196. The van der Waals surface area contributed by atoms with E-state index in [1.807, 2.05) is 13.8 Å². The highest BCUT2D eigenvalue weighted by atomic mass is 16.2. The zero-order valence-corrected chi connectivity index (χ0v) is 7.61. The summed E-state index contributed by atoms with van der Waals surface area (Å²) < 4.78 is 0. The quantitative estimate of drug-likeness (QED) is 0.660. The fourth-order valence-corrected chi connectivity index (χ4v) is 1.12. The van der Waals surface area contributed by atoms with Gasteiger partial charge >= 0.3 is 0 Å². The van der Waals surface area contributed by atoms with E-state index in [2.05, 4.69) is 12.2 Å². The molecule has 0 saturated heterocycles. The molecule has 2 nitrogen and oxygen atoms in total. The van der Waals surface area contributed by atoms with Crippen molar-refractivity contribution in [2.24, 2.45) is 5.92 Å². The topological polar surface area (TPSA) is 29.1 Å². The van der Waals surface area contributed by atoms with E-state index in [1.165, 1.54) is 12.8 Å². The largest absolute Gasteiger partial charge is 0.350 e. The number of rotatable bonds is 3. The van der Waals surface area contributed by atoms with Gasteiger partial charge in [0.25, 0.3) is 0 Å². The van der Waals surface area contributed by atoms with Gasteiger partial charge in [0.05, 0.1) is 0 Å². The smallest absolute Gasteiger partial charge is 0.222 e. The van der Waals surface area contributed by atoms with Gasteiger partial charge in [0.1, 0.15) is 0 Å². The van der Waals surface area contributed by atoms with E-state index in [1.54, 1.807) is 0 Å². The lowest BCUT2D eigenvalue weighted by Gasteiger charge is -2.16. The van der Waals surface area contributed by atoms with Gasteiger partial charge in [-0.1, -0.05) is 20.8 Å². The van der Waals surface area contributed by atoms with Crippen molar-refractivity contribution in [1.82, 2.24) is 5.32 Å². The van der Waals surface area contributed by atoms with Crippen molar-refractivity contribution in [3.8, 4) is 0 Å². The van der Waals surface area contributed by atoms with Crippen molar-refractivity contribution in [2.45, 2.75) is 45.6 Å². The van der Waals surface area contributed by atoms with Gasteiger partial charge in [0, 0.05) is 11.5 Å². The second-order valence-electron chi connectivity index (χ2n) is 3.78. The lowest BCUT2D eigenvalue weighted by Crippen LogP contribution is -2.38. The Balaban J connectivity index is 2.36. The molecule has 1 aliphatic carbocycles. The average Bonchev–Trinajstić information content (AvgIpc) is 2.69. The molecule has 1 aliphatic rings. The molecule has 0 aromatic carbocycles. The van der Waals surface area contributed by atoms with Crippen LogP contribution in [0, 0.1) is 5.92 Å². The minimum Gasteiger partial charge on any atom is -0.350 e. The first-order chi connectivity index (χ1) is 5.09. The van der Waals surface area contributed by atoms with Gasteiger partial charge in [0.15, 0.2) is 0 Å². The molecular weight excluding hydrogens is 138 g/mol. The molecule has 0 unspecified atom stereocenters. The van der Waals surface area contributed by atoms with Crippen molar-refractivity contribution >= 4 is 5.91 Å². The van der Waals surface area contributed by atoms with Crippen LogP contribution in [0.1, 0.15) is 40.0 Å². The van der Waals surface area contributed by atoms with E-state index in [-0.39, 0.29) is 17.4 Å². The van der Waals surface area contributed by atoms with Crippen LogP contribution in [0.5, 0.6) is 0 Å². The zero-order valence-electron chi connectivity index (χ0n) is 7.61. The van der Waals surface area contributed by atoms with Crippen LogP contribution in [0.15, 0.2) is 0 Å². The number of amides is 1. The van der Waals surface area contributed by atoms with Crippen molar-refractivity contribution in [1.29, 1.82) is 0 Å². The van der Waals surface area contributed by atoms with E-state index in [0.717, 1.165) is 6.42 Å². The van der Waals surface area contributed by atoms with Crippen LogP contribution in [0.2, 0.25) is 0 Å². The van der Waals surface area contributed by atoms with Crippen LogP contribution >= 0.6 is 0 Å². The van der Waals surface area contributed by atoms with E-state index in [9.17, 15) is 4.79 Å². The number of carbonyl (C=O) groups is 1. The summed E-state index contributed by atoms with van der Waals surface area (Å²) in [5, 5.41) is 3.08. The van der Waals surface area contributed by atoms with E-state index in [4.69, 9.17) is 0 Å². The van der Waals surface area contributed by atoms with Crippen molar-refractivity contribution in [2.75, 3.05) is 0 Å². The average molecular weight is 155 g/mol. The molecule has 0 atom stereocenters. The van der Waals surface area contributed by atoms with Crippen molar-refractivity contribution < 1.29 is 4.79 Å². The molecule has 0 spiro atoms. The number of carbonyl (C=O) groups excluding carboxylic acids is 1. The molecule has 2 heteroatoms. The first kappa shape index (κ1) is 8.57. The molecule has 0 aliphatic heterocycles. The summed E-state index contributed by atoms with van der Waals surface area (Å²) in [6, 6.07) is 0. The summed E-state index contributed by atoms with van der Waals surface area (Å²) in [5.74, 6) is 0.323. The fraction of sp³-hybridized carbons (Fsp3) is 0.889. The van der Waals surface area contributed by atoms with Crippen LogP contribution in [-0.4, -0.2) is 11.4 Å². The van der Waals surface area contributed by atoms with Gasteiger partial charge < -0.3 is 5.32 Å². The van der Waals surface area contributed by atoms with Gasteiger partial charge in [-0.25, -0.2) is 0 Å². The normalized spacial score (nSPS) is 20.0. The summed E-state index contributed by atoms with van der Waals surface area (Å²) >= 11 is 0. The Morgan fingerprint density at radius 1 is 1.55 bits per heavy atom. The highest BCUT2D eigenvalue weighted by molar-refractivity contribution is 5.79. The Hall–Kier alpha value is -0.530. The van der Waals surface area contributed by atoms with Gasteiger partial charge in [-0.3, -0.25) is 4.79 Å². The molecule has 64 valence electrons. The van der Waals surface area contributed by atoms with Crippen LogP contribution < -0.4 is 5.32 Å².